The standard InChI is InChI=1S/C38H38FN5O4/c1-20-23-11-9-15-47-34(23)28(39)17-25(20)33-26-18-31(43(6)36(26)42-21(2)32(33)35(37(45)46)48-38(3,4)5)22-13-14-40-29(16-22)24-10-8-12-30-27(24)19-41-44(30)7/h8,10,12-14,16-19,35H,9,11,15H2,1-7H3,(H,45,46)/t35-/m0/s1. The molecule has 0 fully saturated rings. The molecule has 0 radical (unpaired) electrons. The summed E-state index contributed by atoms with van der Waals surface area (Å²) in [5.74, 6) is -1.34. The highest BCUT2D eigenvalue weighted by Gasteiger charge is 2.34. The van der Waals surface area contributed by atoms with Crippen molar-refractivity contribution in [2.24, 2.45) is 14.1 Å². The van der Waals surface area contributed by atoms with E-state index in [0.29, 0.717) is 46.4 Å². The lowest BCUT2D eigenvalue weighted by atomic mass is 9.86. The maximum Gasteiger partial charge on any atom is 0.337 e. The minimum Gasteiger partial charge on any atom is -0.490 e. The summed E-state index contributed by atoms with van der Waals surface area (Å²) >= 11 is 0. The summed E-state index contributed by atoms with van der Waals surface area (Å²) in [4.78, 5) is 22.6. The second kappa shape index (κ2) is 11.6. The van der Waals surface area contributed by atoms with Gasteiger partial charge in [-0.15, -0.1) is 0 Å². The Morgan fingerprint density at radius 2 is 1.88 bits per heavy atom. The molecule has 7 rings (SSSR count). The Kier molecular flexibility index (Phi) is 7.58. The Labute approximate surface area is 278 Å². The Bertz CT molecular complexity index is 2260. The fourth-order valence-corrected chi connectivity index (χ4v) is 6.99. The fourth-order valence-electron chi connectivity index (χ4n) is 6.99. The zero-order valence-corrected chi connectivity index (χ0v) is 28.2. The van der Waals surface area contributed by atoms with Crippen LogP contribution in [-0.2, 0) is 30.0 Å². The lowest BCUT2D eigenvalue weighted by Gasteiger charge is -2.29. The van der Waals surface area contributed by atoms with Crippen LogP contribution >= 0.6 is 0 Å². The second-order valence-electron chi connectivity index (χ2n) is 13.5. The maximum atomic E-state index is 15.8. The third-order valence-electron chi connectivity index (χ3n) is 9.19. The van der Waals surface area contributed by atoms with Crippen molar-refractivity contribution in [1.29, 1.82) is 0 Å². The van der Waals surface area contributed by atoms with E-state index in [-0.39, 0.29) is 5.75 Å². The molecule has 1 aliphatic rings. The first-order chi connectivity index (χ1) is 22.8. The summed E-state index contributed by atoms with van der Waals surface area (Å²) in [6, 6.07) is 13.5. The van der Waals surface area contributed by atoms with Crippen LogP contribution < -0.4 is 4.74 Å². The van der Waals surface area contributed by atoms with Gasteiger partial charge in [0, 0.05) is 64.6 Å². The number of carbonyl (C=O) groups is 1. The average Bonchev–Trinajstić information content (AvgIpc) is 3.60. The van der Waals surface area contributed by atoms with Crippen LogP contribution in [0.1, 0.15) is 55.7 Å². The summed E-state index contributed by atoms with van der Waals surface area (Å²) in [6.07, 6.45) is 3.72. The number of carboxylic acids is 1. The van der Waals surface area contributed by atoms with Gasteiger partial charge in [-0.05, 0) is 88.9 Å². The van der Waals surface area contributed by atoms with E-state index in [1.54, 1.807) is 13.1 Å². The minimum atomic E-state index is -1.34. The number of ether oxygens (including phenoxy) is 2. The van der Waals surface area contributed by atoms with Gasteiger partial charge in [0.25, 0.3) is 0 Å². The number of pyridine rings is 2. The lowest BCUT2D eigenvalue weighted by Crippen LogP contribution is -2.28. The molecule has 10 heteroatoms. The van der Waals surface area contributed by atoms with E-state index >= 15 is 4.39 Å². The molecule has 0 unspecified atom stereocenters. The van der Waals surface area contributed by atoms with E-state index in [4.69, 9.17) is 19.4 Å². The molecule has 9 nitrogen and oxygen atoms in total. The number of halogens is 1. The Morgan fingerprint density at radius 3 is 2.62 bits per heavy atom. The lowest BCUT2D eigenvalue weighted by molar-refractivity contribution is -0.160. The highest BCUT2D eigenvalue weighted by molar-refractivity contribution is 6.02. The number of hydrogen-bond acceptors (Lipinski definition) is 6. The van der Waals surface area contributed by atoms with Crippen LogP contribution in [0.4, 0.5) is 4.39 Å². The molecule has 1 aliphatic heterocycles. The second-order valence-corrected chi connectivity index (χ2v) is 13.5. The van der Waals surface area contributed by atoms with Gasteiger partial charge < -0.3 is 19.1 Å². The number of rotatable bonds is 6. The Morgan fingerprint density at radius 1 is 1.08 bits per heavy atom. The van der Waals surface area contributed by atoms with Crippen molar-refractivity contribution >= 4 is 27.9 Å². The number of fused-ring (bicyclic) bond motifs is 3. The summed E-state index contributed by atoms with van der Waals surface area (Å²) in [5, 5.41) is 16.7. The van der Waals surface area contributed by atoms with Crippen LogP contribution in [-0.4, -0.2) is 47.6 Å². The fraction of sp³-hybridized carbons (Fsp3) is 0.316. The van der Waals surface area contributed by atoms with Gasteiger partial charge in [-0.25, -0.2) is 14.2 Å². The molecule has 6 aromatic rings. The molecule has 2 aromatic carbocycles. The molecular formula is C38H38FN5O4. The van der Waals surface area contributed by atoms with Gasteiger partial charge >= 0.3 is 5.97 Å². The number of nitrogens with zero attached hydrogens (tertiary/aromatic N) is 5. The molecule has 0 amide bonds. The third kappa shape index (κ3) is 5.20. The molecule has 1 atom stereocenters. The van der Waals surface area contributed by atoms with E-state index < -0.39 is 23.5 Å². The predicted molar refractivity (Wildman–Crippen MR) is 184 cm³/mol. The highest BCUT2D eigenvalue weighted by Crippen LogP contribution is 2.45. The van der Waals surface area contributed by atoms with Gasteiger partial charge in [0.15, 0.2) is 17.7 Å². The van der Waals surface area contributed by atoms with Crippen molar-refractivity contribution in [3.05, 3.63) is 83.1 Å². The Hall–Kier alpha value is -5.09. The number of aryl methyl sites for hydroxylation is 3. The predicted octanol–water partition coefficient (Wildman–Crippen LogP) is 7.88. The van der Waals surface area contributed by atoms with E-state index in [9.17, 15) is 9.90 Å². The SMILES string of the molecule is Cc1nc2c(cc(-c3ccnc(-c4cccc5c4cnn5C)c3)n2C)c(-c2cc(F)c3c(c2C)CCCO3)c1[C@H](OC(C)(C)C)C(=O)O. The van der Waals surface area contributed by atoms with Crippen molar-refractivity contribution < 1.29 is 23.8 Å². The number of benzene rings is 2. The van der Waals surface area contributed by atoms with Gasteiger partial charge in [-0.3, -0.25) is 9.67 Å². The van der Waals surface area contributed by atoms with Crippen molar-refractivity contribution in [2.45, 2.75) is 59.2 Å². The number of aromatic nitrogens is 5. The molecule has 4 aromatic heterocycles. The van der Waals surface area contributed by atoms with Crippen molar-refractivity contribution in [3.8, 4) is 39.4 Å². The molecule has 0 spiro atoms. The first kappa shape index (κ1) is 31.5. The first-order valence-electron chi connectivity index (χ1n) is 16.1. The van der Waals surface area contributed by atoms with E-state index in [0.717, 1.165) is 51.0 Å². The van der Waals surface area contributed by atoms with Crippen molar-refractivity contribution in [3.63, 3.8) is 0 Å². The zero-order chi connectivity index (χ0) is 34.1. The highest BCUT2D eigenvalue weighted by atomic mass is 19.1. The number of aliphatic carboxylic acids is 1. The van der Waals surface area contributed by atoms with Crippen LogP contribution in [0, 0.1) is 19.7 Å². The monoisotopic (exact) mass is 647 g/mol. The smallest absolute Gasteiger partial charge is 0.337 e. The summed E-state index contributed by atoms with van der Waals surface area (Å²) < 4.78 is 31.6. The maximum absolute atomic E-state index is 15.8. The molecule has 0 saturated carbocycles. The van der Waals surface area contributed by atoms with Crippen LogP contribution in [0.3, 0.4) is 0 Å². The van der Waals surface area contributed by atoms with E-state index in [1.807, 2.05) is 93.6 Å². The van der Waals surface area contributed by atoms with E-state index in [1.165, 1.54) is 6.07 Å². The normalized spacial score (nSPS) is 13.9. The number of hydrogen-bond donors (Lipinski definition) is 1. The van der Waals surface area contributed by atoms with Crippen molar-refractivity contribution in [2.75, 3.05) is 6.61 Å². The van der Waals surface area contributed by atoms with Crippen LogP contribution in [0.2, 0.25) is 0 Å². The van der Waals surface area contributed by atoms with Gasteiger partial charge in [0.1, 0.15) is 5.65 Å². The Balaban J connectivity index is 1.50. The first-order valence-corrected chi connectivity index (χ1v) is 16.1. The van der Waals surface area contributed by atoms with Crippen molar-refractivity contribution in [1.82, 2.24) is 24.3 Å². The molecular weight excluding hydrogens is 609 g/mol. The summed E-state index contributed by atoms with van der Waals surface area (Å²) in [5.41, 5.74) is 8.10. The van der Waals surface area contributed by atoms with Crippen LogP contribution in [0.15, 0.2) is 54.9 Å². The van der Waals surface area contributed by atoms with Crippen LogP contribution in [0.25, 0.3) is 55.6 Å². The van der Waals surface area contributed by atoms with Gasteiger partial charge in [-0.1, -0.05) is 12.1 Å². The van der Waals surface area contributed by atoms with Gasteiger partial charge in [0.05, 0.1) is 35.3 Å². The largest absolute Gasteiger partial charge is 0.490 e. The number of carboxylic acid groups (broad SMARTS) is 1. The zero-order valence-electron chi connectivity index (χ0n) is 28.2. The molecule has 246 valence electrons. The van der Waals surface area contributed by atoms with Crippen LogP contribution in [0.5, 0.6) is 5.75 Å². The van der Waals surface area contributed by atoms with Gasteiger partial charge in [-0.2, -0.15) is 5.10 Å². The topological polar surface area (TPSA) is 104 Å². The third-order valence-corrected chi connectivity index (χ3v) is 9.19. The molecule has 0 bridgehead atoms. The van der Waals surface area contributed by atoms with Gasteiger partial charge in [0.2, 0.25) is 0 Å². The molecule has 0 aliphatic carbocycles. The molecule has 1 N–H and O–H groups in total. The summed E-state index contributed by atoms with van der Waals surface area (Å²) in [7, 11) is 3.85. The minimum absolute atomic E-state index is 0.272. The quantitative estimate of drug-likeness (QED) is 0.196. The van der Waals surface area contributed by atoms with E-state index in [2.05, 4.69) is 5.10 Å². The summed E-state index contributed by atoms with van der Waals surface area (Å²) in [6.45, 7) is 9.65. The average molecular weight is 648 g/mol. The molecule has 0 saturated heterocycles. The molecule has 5 heterocycles. The molecule has 48 heavy (non-hydrogen) atoms.